The maximum absolute atomic E-state index is 12.7. The molecule has 1 aliphatic heterocycles. The molecule has 2 aromatic rings. The van der Waals surface area contributed by atoms with Crippen LogP contribution in [0.1, 0.15) is 18.9 Å². The van der Waals surface area contributed by atoms with E-state index in [1.165, 1.54) is 12.1 Å². The predicted octanol–water partition coefficient (Wildman–Crippen LogP) is 2.44. The third-order valence-electron chi connectivity index (χ3n) is 4.17. The monoisotopic (exact) mass is 370 g/mol. The summed E-state index contributed by atoms with van der Waals surface area (Å²) in [7, 11) is 0. The Balaban J connectivity index is 1.89. The average Bonchev–Trinajstić information content (AvgIpc) is 2.65. The van der Waals surface area contributed by atoms with Crippen molar-refractivity contribution >= 4 is 29.1 Å². The maximum atomic E-state index is 12.7. The van der Waals surface area contributed by atoms with Crippen molar-refractivity contribution in [3.63, 3.8) is 0 Å². The van der Waals surface area contributed by atoms with Crippen molar-refractivity contribution in [3.8, 4) is 5.75 Å². The van der Waals surface area contributed by atoms with Crippen molar-refractivity contribution in [1.82, 2.24) is 4.98 Å². The van der Waals surface area contributed by atoms with E-state index in [0.29, 0.717) is 12.1 Å². The average molecular weight is 370 g/mol. The van der Waals surface area contributed by atoms with Crippen LogP contribution in [0.3, 0.4) is 0 Å². The van der Waals surface area contributed by atoms with Gasteiger partial charge in [-0.25, -0.2) is 0 Å². The first-order valence-electron chi connectivity index (χ1n) is 8.39. The van der Waals surface area contributed by atoms with Gasteiger partial charge in [0, 0.05) is 11.8 Å². The fourth-order valence-electron chi connectivity index (χ4n) is 2.75. The molecule has 1 aliphatic rings. The van der Waals surface area contributed by atoms with Gasteiger partial charge in [0.15, 0.2) is 11.9 Å². The van der Waals surface area contributed by atoms with Gasteiger partial charge >= 0.3 is 5.82 Å². The number of aromatic nitrogens is 1. The van der Waals surface area contributed by atoms with Gasteiger partial charge in [-0.15, -0.1) is 0 Å². The Kier molecular flexibility index (Phi) is 5.02. The highest BCUT2D eigenvalue weighted by Gasteiger charge is 2.39. The van der Waals surface area contributed by atoms with Crippen LogP contribution in [0.25, 0.3) is 0 Å². The normalized spacial score (nSPS) is 15.7. The second-order valence-corrected chi connectivity index (χ2v) is 6.05. The number of carbonyl (C=O) groups excluding carboxylic acids is 2. The maximum Gasteiger partial charge on any atom is 0.366 e. The molecular weight excluding hydrogens is 352 g/mol. The lowest BCUT2D eigenvalue weighted by Crippen LogP contribution is -2.49. The standard InChI is InChI=1S/C18H18N4O5/c1-3-13-18(24)21(10-16(23)19-12-7-5-4-6-11(12)2)17-14(27-13)8-9-15(20-17)22(25)26/h4-9,13H,3,10H2,1-2H3,(H,19,23). The van der Waals surface area contributed by atoms with Gasteiger partial charge in [-0.05, 0) is 40.9 Å². The van der Waals surface area contributed by atoms with Gasteiger partial charge in [0.25, 0.3) is 11.7 Å². The molecule has 2 heterocycles. The van der Waals surface area contributed by atoms with E-state index in [0.717, 1.165) is 10.5 Å². The molecule has 140 valence electrons. The Morgan fingerprint density at radius 1 is 1.33 bits per heavy atom. The fourth-order valence-corrected chi connectivity index (χ4v) is 2.75. The molecule has 27 heavy (non-hydrogen) atoms. The third kappa shape index (κ3) is 3.71. The van der Waals surface area contributed by atoms with Gasteiger partial charge in [-0.3, -0.25) is 14.5 Å². The van der Waals surface area contributed by atoms with Crippen LogP contribution in [-0.4, -0.2) is 34.4 Å². The van der Waals surface area contributed by atoms with Crippen molar-refractivity contribution in [2.24, 2.45) is 0 Å². The van der Waals surface area contributed by atoms with Gasteiger partial charge in [-0.2, -0.15) is 0 Å². The van der Waals surface area contributed by atoms with E-state index in [1.807, 2.05) is 19.1 Å². The fraction of sp³-hybridized carbons (Fsp3) is 0.278. The lowest BCUT2D eigenvalue weighted by Gasteiger charge is -2.30. The Morgan fingerprint density at radius 2 is 2.07 bits per heavy atom. The molecule has 0 radical (unpaired) electrons. The molecule has 3 rings (SSSR count). The molecule has 0 bridgehead atoms. The van der Waals surface area contributed by atoms with Crippen LogP contribution in [0.2, 0.25) is 0 Å². The molecule has 1 aromatic heterocycles. The smallest absolute Gasteiger partial charge is 0.366 e. The largest absolute Gasteiger partial charge is 0.474 e. The van der Waals surface area contributed by atoms with Crippen LogP contribution in [0.15, 0.2) is 36.4 Å². The molecule has 0 saturated heterocycles. The first-order chi connectivity index (χ1) is 12.9. The van der Waals surface area contributed by atoms with Crippen LogP contribution in [0.5, 0.6) is 5.75 Å². The lowest BCUT2D eigenvalue weighted by atomic mass is 10.2. The number of hydrogen-bond donors (Lipinski definition) is 1. The van der Waals surface area contributed by atoms with Gasteiger partial charge in [-0.1, -0.05) is 25.1 Å². The van der Waals surface area contributed by atoms with E-state index in [9.17, 15) is 19.7 Å². The third-order valence-corrected chi connectivity index (χ3v) is 4.17. The van der Waals surface area contributed by atoms with Crippen LogP contribution in [0, 0.1) is 17.0 Å². The lowest BCUT2D eigenvalue weighted by molar-refractivity contribution is -0.389. The number of amides is 2. The zero-order valence-corrected chi connectivity index (χ0v) is 14.8. The minimum absolute atomic E-state index is 0.0289. The van der Waals surface area contributed by atoms with E-state index in [1.54, 1.807) is 19.1 Å². The molecule has 9 heteroatoms. The molecule has 0 saturated carbocycles. The van der Waals surface area contributed by atoms with Crippen LogP contribution < -0.4 is 15.0 Å². The van der Waals surface area contributed by atoms with Gasteiger partial charge < -0.3 is 20.2 Å². The number of benzene rings is 1. The van der Waals surface area contributed by atoms with Crippen molar-refractivity contribution in [1.29, 1.82) is 0 Å². The summed E-state index contributed by atoms with van der Waals surface area (Å²) in [6.07, 6.45) is -0.377. The van der Waals surface area contributed by atoms with Crippen molar-refractivity contribution in [3.05, 3.63) is 52.1 Å². The number of nitro groups is 1. The van der Waals surface area contributed by atoms with Crippen molar-refractivity contribution in [2.45, 2.75) is 26.4 Å². The summed E-state index contributed by atoms with van der Waals surface area (Å²) < 4.78 is 5.57. The molecule has 9 nitrogen and oxygen atoms in total. The zero-order chi connectivity index (χ0) is 19.6. The van der Waals surface area contributed by atoms with Gasteiger partial charge in [0.05, 0.1) is 0 Å². The predicted molar refractivity (Wildman–Crippen MR) is 97.8 cm³/mol. The van der Waals surface area contributed by atoms with Crippen LogP contribution >= 0.6 is 0 Å². The minimum atomic E-state index is -0.771. The Morgan fingerprint density at radius 3 is 2.74 bits per heavy atom. The summed E-state index contributed by atoms with van der Waals surface area (Å²) >= 11 is 0. The SMILES string of the molecule is CCC1Oc2ccc([N+](=O)[O-])nc2N(CC(=O)Nc2ccccc2C)C1=O. The topological polar surface area (TPSA) is 115 Å². The first kappa shape index (κ1) is 18.3. The number of anilines is 2. The number of nitrogens with one attached hydrogen (secondary N) is 1. The van der Waals surface area contributed by atoms with E-state index in [2.05, 4.69) is 10.3 Å². The van der Waals surface area contributed by atoms with Crippen LogP contribution in [0.4, 0.5) is 17.3 Å². The summed E-state index contributed by atoms with van der Waals surface area (Å²) in [5.74, 6) is -1.12. The molecule has 1 aromatic carbocycles. The number of ether oxygens (including phenoxy) is 1. The van der Waals surface area contributed by atoms with Gasteiger partial charge in [0.2, 0.25) is 5.91 Å². The summed E-state index contributed by atoms with van der Waals surface area (Å²) in [4.78, 5) is 40.5. The summed E-state index contributed by atoms with van der Waals surface area (Å²) in [6.45, 7) is 3.30. The molecule has 1 N–H and O–H groups in total. The zero-order valence-electron chi connectivity index (χ0n) is 14.8. The van der Waals surface area contributed by atoms with Crippen molar-refractivity contribution in [2.75, 3.05) is 16.8 Å². The highest BCUT2D eigenvalue weighted by Crippen LogP contribution is 2.34. The first-order valence-corrected chi connectivity index (χ1v) is 8.39. The molecule has 0 fully saturated rings. The number of carbonyl (C=O) groups is 2. The number of para-hydroxylation sites is 1. The molecule has 1 atom stereocenters. The number of aryl methyl sites for hydroxylation is 1. The summed E-state index contributed by atoms with van der Waals surface area (Å²) in [6, 6.07) is 9.83. The van der Waals surface area contributed by atoms with Crippen LogP contribution in [-0.2, 0) is 9.59 Å². The molecule has 2 amide bonds. The highest BCUT2D eigenvalue weighted by atomic mass is 16.6. The second kappa shape index (κ2) is 7.40. The Bertz CT molecular complexity index is 914. The number of pyridine rings is 1. The van der Waals surface area contributed by atoms with Gasteiger partial charge in [0.1, 0.15) is 6.54 Å². The number of rotatable bonds is 5. The quantitative estimate of drug-likeness (QED) is 0.638. The van der Waals surface area contributed by atoms with Crippen molar-refractivity contribution < 1.29 is 19.2 Å². The molecule has 0 spiro atoms. The van der Waals surface area contributed by atoms with E-state index < -0.39 is 28.7 Å². The summed E-state index contributed by atoms with van der Waals surface area (Å²) in [5, 5.41) is 13.8. The number of nitrogens with zero attached hydrogens (tertiary/aromatic N) is 3. The van der Waals surface area contributed by atoms with E-state index in [-0.39, 0.29) is 18.1 Å². The number of fused-ring (bicyclic) bond motifs is 1. The summed E-state index contributed by atoms with van der Waals surface area (Å²) in [5.41, 5.74) is 1.50. The molecule has 1 unspecified atom stereocenters. The molecular formula is C18H18N4O5. The second-order valence-electron chi connectivity index (χ2n) is 6.05. The highest BCUT2D eigenvalue weighted by molar-refractivity contribution is 6.05. The Hall–Kier alpha value is -3.49. The van der Waals surface area contributed by atoms with E-state index >= 15 is 0 Å². The Labute approximate surface area is 155 Å². The minimum Gasteiger partial charge on any atom is -0.474 e. The molecule has 0 aliphatic carbocycles. The number of hydrogen-bond acceptors (Lipinski definition) is 6. The van der Waals surface area contributed by atoms with E-state index in [4.69, 9.17) is 4.74 Å².